The molecular weight excluding hydrogens is 367 g/mol. The first-order chi connectivity index (χ1) is 13.7. The third-order valence-corrected chi connectivity index (χ3v) is 5.89. The molecule has 1 fully saturated rings. The van der Waals surface area contributed by atoms with E-state index in [2.05, 4.69) is 12.1 Å². The van der Waals surface area contributed by atoms with E-state index in [0.29, 0.717) is 13.2 Å². The number of esters is 1. The van der Waals surface area contributed by atoms with Crippen LogP contribution in [0.3, 0.4) is 0 Å². The molecule has 1 unspecified atom stereocenters. The van der Waals surface area contributed by atoms with Gasteiger partial charge >= 0.3 is 13.1 Å². The van der Waals surface area contributed by atoms with Crippen LogP contribution in [0.15, 0.2) is 36.4 Å². The second-order valence-electron chi connectivity index (χ2n) is 8.37. The van der Waals surface area contributed by atoms with E-state index >= 15 is 0 Å². The number of fused-ring (bicyclic) bond motifs is 1. The molecule has 1 atom stereocenters. The Morgan fingerprint density at radius 2 is 1.66 bits per heavy atom. The summed E-state index contributed by atoms with van der Waals surface area (Å²) in [6.45, 7) is 12.7. The van der Waals surface area contributed by atoms with Gasteiger partial charge in [-0.1, -0.05) is 30.3 Å². The fourth-order valence-corrected chi connectivity index (χ4v) is 3.73. The molecule has 0 bridgehead atoms. The van der Waals surface area contributed by atoms with Gasteiger partial charge in [-0.25, -0.2) is 0 Å². The number of carbonyl (C=O) groups is 1. The summed E-state index contributed by atoms with van der Waals surface area (Å²) < 4.78 is 24.0. The fraction of sp³-hybridized carbons (Fsp3) is 0.522. The molecule has 2 aromatic carbocycles. The number of hydrogen-bond acceptors (Lipinski definition) is 5. The average Bonchev–Trinajstić information content (AvgIpc) is 2.88. The first-order valence-electron chi connectivity index (χ1n) is 10.4. The molecule has 156 valence electrons. The zero-order valence-electron chi connectivity index (χ0n) is 18.3. The smallest absolute Gasteiger partial charge is 0.466 e. The van der Waals surface area contributed by atoms with Crippen molar-refractivity contribution in [2.24, 2.45) is 0 Å². The minimum absolute atomic E-state index is 0.152. The molecule has 0 N–H and O–H groups in total. The van der Waals surface area contributed by atoms with Crippen LogP contribution in [0.25, 0.3) is 10.8 Å². The quantitative estimate of drug-likeness (QED) is 0.490. The van der Waals surface area contributed by atoms with Crippen molar-refractivity contribution in [1.29, 1.82) is 0 Å². The highest BCUT2D eigenvalue weighted by molar-refractivity contribution is 6.48. The van der Waals surface area contributed by atoms with Crippen molar-refractivity contribution in [1.82, 2.24) is 0 Å². The van der Waals surface area contributed by atoms with Gasteiger partial charge in [-0.2, -0.15) is 0 Å². The monoisotopic (exact) mass is 398 g/mol. The third-order valence-electron chi connectivity index (χ3n) is 5.89. The maximum atomic E-state index is 12.5. The van der Waals surface area contributed by atoms with Crippen LogP contribution >= 0.6 is 0 Å². The fourth-order valence-electron chi connectivity index (χ4n) is 3.73. The Balaban J connectivity index is 2.14. The van der Waals surface area contributed by atoms with Gasteiger partial charge in [-0.05, 0) is 58.4 Å². The molecule has 1 aliphatic rings. The van der Waals surface area contributed by atoms with Crippen LogP contribution in [0.2, 0.25) is 0 Å². The Labute approximate surface area is 173 Å². The Hall–Kier alpha value is -2.05. The van der Waals surface area contributed by atoms with Gasteiger partial charge in [0.25, 0.3) is 0 Å². The van der Waals surface area contributed by atoms with Crippen LogP contribution in [0.5, 0.6) is 5.75 Å². The summed E-state index contributed by atoms with van der Waals surface area (Å²) in [7, 11) is -0.589. The highest BCUT2D eigenvalue weighted by Crippen LogP contribution is 2.45. The molecule has 0 spiro atoms. The Morgan fingerprint density at radius 1 is 1.00 bits per heavy atom. The van der Waals surface area contributed by atoms with Gasteiger partial charge in [-0.15, -0.1) is 0 Å². The normalized spacial score (nSPS) is 18.6. The van der Waals surface area contributed by atoms with E-state index in [4.69, 9.17) is 18.8 Å². The minimum Gasteiger partial charge on any atom is -0.494 e. The number of hydrogen-bond donors (Lipinski definition) is 0. The zero-order valence-corrected chi connectivity index (χ0v) is 18.3. The van der Waals surface area contributed by atoms with Gasteiger partial charge in [0, 0.05) is 11.4 Å². The molecule has 1 saturated heterocycles. The minimum atomic E-state index is -0.589. The summed E-state index contributed by atoms with van der Waals surface area (Å²) in [5.74, 6) is 0.112. The molecule has 0 saturated carbocycles. The van der Waals surface area contributed by atoms with Crippen molar-refractivity contribution in [2.45, 2.75) is 65.0 Å². The number of benzene rings is 2. The first-order valence-corrected chi connectivity index (χ1v) is 10.4. The second-order valence-corrected chi connectivity index (χ2v) is 8.37. The molecule has 0 radical (unpaired) electrons. The van der Waals surface area contributed by atoms with Crippen LogP contribution in [0, 0.1) is 0 Å². The predicted molar refractivity (Wildman–Crippen MR) is 115 cm³/mol. The van der Waals surface area contributed by atoms with Crippen molar-refractivity contribution in [2.75, 3.05) is 13.2 Å². The Bertz CT molecular complexity index is 861. The van der Waals surface area contributed by atoms with Gasteiger partial charge in [0.05, 0.1) is 30.8 Å². The number of ether oxygens (including phenoxy) is 2. The SMILES string of the molecule is CCOC(=O)CC(B1OC(C)(C)C(C)(C)O1)c1c(OCC)ccc2ccccc12. The lowest BCUT2D eigenvalue weighted by Gasteiger charge is -2.32. The van der Waals surface area contributed by atoms with E-state index in [-0.39, 0.29) is 18.2 Å². The van der Waals surface area contributed by atoms with E-state index in [1.165, 1.54) is 0 Å². The highest BCUT2D eigenvalue weighted by Gasteiger charge is 2.55. The topological polar surface area (TPSA) is 54.0 Å². The van der Waals surface area contributed by atoms with Crippen LogP contribution in [0.1, 0.15) is 59.3 Å². The average molecular weight is 398 g/mol. The van der Waals surface area contributed by atoms with Crippen LogP contribution in [-0.4, -0.2) is 37.5 Å². The molecule has 0 aliphatic carbocycles. The highest BCUT2D eigenvalue weighted by atomic mass is 16.7. The summed E-state index contributed by atoms with van der Waals surface area (Å²) in [6.07, 6.45) is 0.152. The van der Waals surface area contributed by atoms with E-state index in [0.717, 1.165) is 22.1 Å². The van der Waals surface area contributed by atoms with E-state index in [1.54, 1.807) is 0 Å². The molecule has 3 rings (SSSR count). The van der Waals surface area contributed by atoms with Crippen molar-refractivity contribution in [3.8, 4) is 5.75 Å². The van der Waals surface area contributed by atoms with Crippen molar-refractivity contribution < 1.29 is 23.6 Å². The van der Waals surface area contributed by atoms with E-state index in [1.807, 2.05) is 65.8 Å². The molecule has 1 aliphatic heterocycles. The maximum absolute atomic E-state index is 12.5. The molecule has 29 heavy (non-hydrogen) atoms. The summed E-state index contributed by atoms with van der Waals surface area (Å²) >= 11 is 0. The van der Waals surface area contributed by atoms with Gasteiger partial charge in [0.2, 0.25) is 0 Å². The lowest BCUT2D eigenvalue weighted by Crippen LogP contribution is -2.41. The van der Waals surface area contributed by atoms with Crippen LogP contribution in [-0.2, 0) is 18.8 Å². The second kappa shape index (κ2) is 8.37. The maximum Gasteiger partial charge on any atom is 0.466 e. The molecule has 5 nitrogen and oxygen atoms in total. The van der Waals surface area contributed by atoms with Crippen LogP contribution < -0.4 is 4.74 Å². The Morgan fingerprint density at radius 3 is 2.28 bits per heavy atom. The molecule has 2 aromatic rings. The first kappa shape index (κ1) is 21.7. The summed E-state index contributed by atoms with van der Waals surface area (Å²) in [4.78, 5) is 12.5. The molecule has 0 amide bonds. The molecule has 1 heterocycles. The lowest BCUT2D eigenvalue weighted by molar-refractivity contribution is -0.143. The largest absolute Gasteiger partial charge is 0.494 e. The van der Waals surface area contributed by atoms with Crippen LogP contribution in [0.4, 0.5) is 0 Å². The summed E-state index contributed by atoms with van der Waals surface area (Å²) in [5.41, 5.74) is -0.0708. The standard InChI is InChI=1S/C23H31BO5/c1-7-26-19-14-13-16-11-9-10-12-17(16)21(19)18(15-20(25)27-8-2)24-28-22(3,4)23(5,6)29-24/h9-14,18H,7-8,15H2,1-6H3. The van der Waals surface area contributed by atoms with Crippen molar-refractivity contribution >= 4 is 23.9 Å². The van der Waals surface area contributed by atoms with Gasteiger partial charge in [0.15, 0.2) is 0 Å². The summed E-state index contributed by atoms with van der Waals surface area (Å²) in [6, 6.07) is 12.1. The molecule has 0 aromatic heterocycles. The lowest BCUT2D eigenvalue weighted by atomic mass is 9.65. The van der Waals surface area contributed by atoms with Gasteiger partial charge in [0.1, 0.15) is 5.75 Å². The number of rotatable bonds is 7. The predicted octanol–water partition coefficient (Wildman–Crippen LogP) is 4.91. The molecular formula is C23H31BO5. The summed E-state index contributed by atoms with van der Waals surface area (Å²) in [5, 5.41) is 2.11. The Kier molecular flexibility index (Phi) is 6.25. The van der Waals surface area contributed by atoms with E-state index < -0.39 is 18.3 Å². The molecule has 6 heteroatoms. The van der Waals surface area contributed by atoms with E-state index in [9.17, 15) is 4.79 Å². The number of carbonyl (C=O) groups excluding carboxylic acids is 1. The zero-order chi connectivity index (χ0) is 21.2. The van der Waals surface area contributed by atoms with Gasteiger partial charge < -0.3 is 18.8 Å². The third kappa shape index (κ3) is 4.29. The van der Waals surface area contributed by atoms with Crippen molar-refractivity contribution in [3.63, 3.8) is 0 Å². The van der Waals surface area contributed by atoms with Crippen molar-refractivity contribution in [3.05, 3.63) is 42.0 Å². The van der Waals surface area contributed by atoms with Gasteiger partial charge in [-0.3, -0.25) is 4.79 Å².